The van der Waals surface area contributed by atoms with Gasteiger partial charge in [0.05, 0.1) is 0 Å². The minimum absolute atomic E-state index is 0.438. The van der Waals surface area contributed by atoms with Gasteiger partial charge in [-0.2, -0.15) is 0 Å². The molecule has 1 heteroatoms. The fourth-order valence-corrected chi connectivity index (χ4v) is 1.59. The topological polar surface area (TPSA) is 12.0 Å². The molecule has 0 radical (unpaired) electrons. The number of hydrogen-bond acceptors (Lipinski definition) is 1. The van der Waals surface area contributed by atoms with E-state index in [2.05, 4.69) is 31.3 Å². The predicted molar refractivity (Wildman–Crippen MR) is 45.0 cm³/mol. The molecule has 0 aromatic heterocycles. The number of hydrogen-bond donors (Lipinski definition) is 1. The summed E-state index contributed by atoms with van der Waals surface area (Å²) >= 11 is 0. The second-order valence-corrected chi connectivity index (χ2v) is 3.44. The molecule has 58 valence electrons. The molecule has 0 saturated carbocycles. The zero-order chi connectivity index (χ0) is 7.45. The van der Waals surface area contributed by atoms with Crippen LogP contribution in [0.3, 0.4) is 0 Å². The van der Waals surface area contributed by atoms with Crippen LogP contribution in [0.1, 0.15) is 26.7 Å². The molecule has 0 fully saturated rings. The average Bonchev–Trinajstić information content (AvgIpc) is 1.89. The molecule has 1 rings (SSSR count). The molecule has 1 aliphatic heterocycles. The van der Waals surface area contributed by atoms with E-state index in [1.54, 1.807) is 0 Å². The van der Waals surface area contributed by atoms with Gasteiger partial charge < -0.3 is 5.32 Å². The van der Waals surface area contributed by atoms with Crippen LogP contribution in [0.25, 0.3) is 0 Å². The van der Waals surface area contributed by atoms with Gasteiger partial charge in [0.2, 0.25) is 0 Å². The Balaban J connectivity index is 2.48. The zero-order valence-corrected chi connectivity index (χ0v) is 6.98. The fourth-order valence-electron chi connectivity index (χ4n) is 1.59. The van der Waals surface area contributed by atoms with Crippen LogP contribution in [-0.2, 0) is 0 Å². The first-order valence-electron chi connectivity index (χ1n) is 4.15. The van der Waals surface area contributed by atoms with E-state index in [1.165, 1.54) is 12.8 Å². The van der Waals surface area contributed by atoms with Gasteiger partial charge >= 0.3 is 0 Å². The smallest absolute Gasteiger partial charge is 0.0135 e. The molecule has 0 aromatic rings. The Morgan fingerprint density at radius 1 is 1.60 bits per heavy atom. The van der Waals surface area contributed by atoms with E-state index in [9.17, 15) is 0 Å². The Kier molecular flexibility index (Phi) is 2.50. The van der Waals surface area contributed by atoms with Gasteiger partial charge in [0.25, 0.3) is 0 Å². The minimum atomic E-state index is 0.438. The maximum absolute atomic E-state index is 3.37. The second-order valence-electron chi connectivity index (χ2n) is 3.44. The largest absolute Gasteiger partial charge is 0.312 e. The molecule has 0 saturated heterocycles. The number of rotatable bonds is 2. The molecule has 0 aromatic carbocycles. The summed E-state index contributed by atoms with van der Waals surface area (Å²) in [6.07, 6.45) is 7.17. The molecule has 1 atom stereocenters. The van der Waals surface area contributed by atoms with Crippen LogP contribution in [0.5, 0.6) is 0 Å². The normalized spacial score (nSPS) is 32.6. The van der Waals surface area contributed by atoms with Crippen LogP contribution in [0, 0.1) is 5.41 Å². The van der Waals surface area contributed by atoms with E-state index >= 15 is 0 Å². The summed E-state index contributed by atoms with van der Waals surface area (Å²) in [7, 11) is 0. The first-order valence-corrected chi connectivity index (χ1v) is 4.15. The van der Waals surface area contributed by atoms with Crippen LogP contribution >= 0.6 is 0 Å². The Morgan fingerprint density at radius 2 is 2.40 bits per heavy atom. The van der Waals surface area contributed by atoms with E-state index in [0.717, 1.165) is 13.1 Å². The molecule has 0 aliphatic carbocycles. The van der Waals surface area contributed by atoms with Crippen LogP contribution in [0.2, 0.25) is 0 Å². The van der Waals surface area contributed by atoms with E-state index in [4.69, 9.17) is 0 Å². The van der Waals surface area contributed by atoms with Gasteiger partial charge in [-0.1, -0.05) is 32.4 Å². The lowest BCUT2D eigenvalue weighted by Crippen LogP contribution is -2.33. The van der Waals surface area contributed by atoms with Crippen molar-refractivity contribution in [2.45, 2.75) is 26.7 Å². The maximum Gasteiger partial charge on any atom is 0.0135 e. The van der Waals surface area contributed by atoms with Crippen molar-refractivity contribution in [1.82, 2.24) is 5.32 Å². The van der Waals surface area contributed by atoms with Gasteiger partial charge in [-0.05, 0) is 11.8 Å². The van der Waals surface area contributed by atoms with Gasteiger partial charge in [0, 0.05) is 13.1 Å². The molecular weight excluding hydrogens is 122 g/mol. The average molecular weight is 139 g/mol. The van der Waals surface area contributed by atoms with Crippen molar-refractivity contribution in [1.29, 1.82) is 0 Å². The van der Waals surface area contributed by atoms with Gasteiger partial charge in [0.1, 0.15) is 0 Å². The Morgan fingerprint density at radius 3 is 2.90 bits per heavy atom. The highest BCUT2D eigenvalue weighted by atomic mass is 14.9. The first kappa shape index (κ1) is 7.80. The van der Waals surface area contributed by atoms with Crippen LogP contribution in [0.15, 0.2) is 12.2 Å². The zero-order valence-electron chi connectivity index (χ0n) is 6.98. The summed E-state index contributed by atoms with van der Waals surface area (Å²) in [5.41, 5.74) is 0.438. The molecule has 10 heavy (non-hydrogen) atoms. The summed E-state index contributed by atoms with van der Waals surface area (Å²) in [5.74, 6) is 0. The highest BCUT2D eigenvalue weighted by Crippen LogP contribution is 2.25. The Labute approximate surface area is 63.5 Å². The molecule has 0 bridgehead atoms. The minimum Gasteiger partial charge on any atom is -0.312 e. The summed E-state index contributed by atoms with van der Waals surface area (Å²) in [6.45, 7) is 6.77. The highest BCUT2D eigenvalue weighted by molar-refractivity contribution is 5.03. The predicted octanol–water partition coefficient (Wildman–Crippen LogP) is 1.95. The molecule has 1 N–H and O–H groups in total. The summed E-state index contributed by atoms with van der Waals surface area (Å²) < 4.78 is 0. The van der Waals surface area contributed by atoms with Crippen molar-refractivity contribution in [3.8, 4) is 0 Å². The lowest BCUT2D eigenvalue weighted by molar-refractivity contribution is 0.353. The van der Waals surface area contributed by atoms with Crippen LogP contribution < -0.4 is 5.32 Å². The van der Waals surface area contributed by atoms with E-state index in [-0.39, 0.29) is 0 Å². The molecule has 0 unspecified atom stereocenters. The Bertz CT molecular complexity index is 129. The highest BCUT2D eigenvalue weighted by Gasteiger charge is 2.20. The van der Waals surface area contributed by atoms with Gasteiger partial charge in [-0.25, -0.2) is 0 Å². The van der Waals surface area contributed by atoms with Crippen molar-refractivity contribution < 1.29 is 0 Å². The van der Waals surface area contributed by atoms with Crippen LogP contribution in [0.4, 0.5) is 0 Å². The molecule has 1 nitrogen and oxygen atoms in total. The maximum atomic E-state index is 3.37. The third kappa shape index (κ3) is 1.84. The van der Waals surface area contributed by atoms with Crippen molar-refractivity contribution in [2.24, 2.45) is 5.41 Å². The monoisotopic (exact) mass is 139 g/mol. The van der Waals surface area contributed by atoms with E-state index < -0.39 is 0 Å². The fraction of sp³-hybridized carbons (Fsp3) is 0.778. The van der Waals surface area contributed by atoms with Crippen molar-refractivity contribution >= 4 is 0 Å². The molecule has 0 amide bonds. The van der Waals surface area contributed by atoms with E-state index in [0.29, 0.717) is 5.41 Å². The molecule has 1 heterocycles. The Hall–Kier alpha value is -0.300. The first-order chi connectivity index (χ1) is 4.77. The van der Waals surface area contributed by atoms with Gasteiger partial charge in [0.15, 0.2) is 0 Å². The third-order valence-electron chi connectivity index (χ3n) is 2.13. The lowest BCUT2D eigenvalue weighted by atomic mass is 9.84. The molecule has 0 spiro atoms. The van der Waals surface area contributed by atoms with E-state index in [1.807, 2.05) is 0 Å². The van der Waals surface area contributed by atoms with Crippen molar-refractivity contribution in [2.75, 3.05) is 13.1 Å². The molecular formula is C9H17N. The van der Waals surface area contributed by atoms with Gasteiger partial charge in [-0.3, -0.25) is 0 Å². The second kappa shape index (κ2) is 3.20. The van der Waals surface area contributed by atoms with Gasteiger partial charge in [-0.15, -0.1) is 0 Å². The standard InChI is InChI=1S/C9H17N/c1-3-5-9(2)6-4-7-10-8-9/h4,6,10H,3,5,7-8H2,1-2H3/t9-/m1/s1. The quantitative estimate of drug-likeness (QED) is 0.577. The third-order valence-corrected chi connectivity index (χ3v) is 2.13. The van der Waals surface area contributed by atoms with Crippen LogP contribution in [-0.4, -0.2) is 13.1 Å². The lowest BCUT2D eigenvalue weighted by Gasteiger charge is -2.28. The van der Waals surface area contributed by atoms with Crippen molar-refractivity contribution in [3.05, 3.63) is 12.2 Å². The SMILES string of the molecule is CCC[C@]1(C)C=CCNC1. The summed E-state index contributed by atoms with van der Waals surface area (Å²) in [4.78, 5) is 0. The van der Waals surface area contributed by atoms with Crippen molar-refractivity contribution in [3.63, 3.8) is 0 Å². The summed E-state index contributed by atoms with van der Waals surface area (Å²) in [6, 6.07) is 0. The molecule has 1 aliphatic rings. The number of nitrogens with one attached hydrogen (secondary N) is 1. The summed E-state index contributed by atoms with van der Waals surface area (Å²) in [5, 5.41) is 3.37.